The lowest BCUT2D eigenvalue weighted by Gasteiger charge is -2.46. The minimum atomic E-state index is -0.195. The van der Waals surface area contributed by atoms with Gasteiger partial charge in [0.2, 0.25) is 0 Å². The van der Waals surface area contributed by atoms with E-state index >= 15 is 0 Å². The summed E-state index contributed by atoms with van der Waals surface area (Å²) in [5, 5.41) is 3.71. The third kappa shape index (κ3) is 5.63. The van der Waals surface area contributed by atoms with Crippen LogP contribution >= 0.6 is 0 Å². The first kappa shape index (κ1) is 39.6. The molecule has 62 heavy (non-hydrogen) atoms. The van der Waals surface area contributed by atoms with Gasteiger partial charge in [0.15, 0.2) is 0 Å². The Balaban J connectivity index is 1.29. The fourth-order valence-electron chi connectivity index (χ4n) is 11.9. The van der Waals surface area contributed by atoms with Crippen molar-refractivity contribution in [2.75, 3.05) is 9.71 Å². The summed E-state index contributed by atoms with van der Waals surface area (Å²) in [5.74, 6) is 0. The fraction of sp³-hybridized carbons (Fsp3) is 0.379. The van der Waals surface area contributed by atoms with Gasteiger partial charge < -0.3 is 14.1 Å². The molecule has 0 bridgehead atoms. The molecule has 0 N–H and O–H groups in total. The highest BCUT2D eigenvalue weighted by atomic mass is 16.3. The third-order valence-electron chi connectivity index (χ3n) is 16.0. The van der Waals surface area contributed by atoms with Crippen LogP contribution in [0, 0.1) is 13.8 Å². The summed E-state index contributed by atoms with van der Waals surface area (Å²) >= 11 is 0. The van der Waals surface area contributed by atoms with Crippen molar-refractivity contribution in [3.8, 4) is 11.1 Å². The smallest absolute Gasteiger partial charge is 0.375 e. The van der Waals surface area contributed by atoms with Gasteiger partial charge in [-0.05, 0) is 176 Å². The van der Waals surface area contributed by atoms with Gasteiger partial charge in [-0.25, -0.2) is 0 Å². The van der Waals surface area contributed by atoms with Crippen LogP contribution in [-0.4, -0.2) is 6.85 Å². The number of aryl methyl sites for hydroxylation is 2. The maximum absolute atomic E-state index is 7.62. The molecule has 0 spiro atoms. The molecule has 1 aromatic heterocycles. The normalized spacial score (nSPS) is 18.9. The van der Waals surface area contributed by atoms with Gasteiger partial charge in [0.25, 0.3) is 0 Å². The Morgan fingerprint density at radius 3 is 1.74 bits per heavy atom. The van der Waals surface area contributed by atoms with E-state index in [0.717, 1.165) is 24.1 Å². The van der Waals surface area contributed by atoms with Gasteiger partial charge in [-0.3, -0.25) is 0 Å². The van der Waals surface area contributed by atoms with Crippen LogP contribution in [-0.2, 0) is 27.1 Å². The van der Waals surface area contributed by atoms with Crippen LogP contribution in [0.2, 0.25) is 0 Å². The number of nitrogens with zero attached hydrogens (tertiary/aromatic N) is 2. The van der Waals surface area contributed by atoms with Crippen molar-refractivity contribution < 1.29 is 4.42 Å². The van der Waals surface area contributed by atoms with E-state index in [4.69, 9.17) is 4.42 Å². The van der Waals surface area contributed by atoms with Gasteiger partial charge >= 0.3 is 6.85 Å². The van der Waals surface area contributed by atoms with Crippen molar-refractivity contribution in [2.24, 2.45) is 0 Å². The average molecular weight is 815 g/mol. The summed E-state index contributed by atoms with van der Waals surface area (Å²) in [5.41, 5.74) is 22.0. The van der Waals surface area contributed by atoms with Crippen molar-refractivity contribution in [3.63, 3.8) is 0 Å². The Bertz CT molecular complexity index is 3040. The monoisotopic (exact) mass is 815 g/mol. The van der Waals surface area contributed by atoms with Gasteiger partial charge in [-0.15, -0.1) is 0 Å². The first-order valence-corrected chi connectivity index (χ1v) is 23.3. The second-order valence-electron chi connectivity index (χ2n) is 23.3. The Morgan fingerprint density at radius 2 is 1.13 bits per heavy atom. The van der Waals surface area contributed by atoms with Gasteiger partial charge in [0, 0.05) is 33.7 Å². The Morgan fingerprint density at radius 1 is 0.565 bits per heavy atom. The zero-order valence-electron chi connectivity index (χ0n) is 39.4. The minimum absolute atomic E-state index is 0.0419. The molecule has 0 saturated heterocycles. The molecule has 0 fully saturated rings. The molecule has 4 aliphatic rings. The minimum Gasteiger partial charge on any atom is -0.466 e. The van der Waals surface area contributed by atoms with Gasteiger partial charge in [-0.1, -0.05) is 125 Å². The van der Waals surface area contributed by atoms with Crippen LogP contribution in [0.25, 0.3) is 32.9 Å². The standard InChI is InChI=1S/C58H63BN2O/c1-34-26-41-40-29-36-16-14-15-17-37(36)30-48(40)61(39-20-18-38(19-21-39)54(3,4)5)59-51(41)49(27-34)60(47-32-45-43(28-35(47)2)55(6,7)22-24-57(45,10)11)52-42-31-44-46(33-50(42)62-53(52)59)58(12,13)25-23-56(44,8)9/h14-21,26-33H,22-25H2,1-13H3. The summed E-state index contributed by atoms with van der Waals surface area (Å²) in [6.45, 7) is 30.9. The molecule has 0 unspecified atom stereocenters. The van der Waals surface area contributed by atoms with Crippen LogP contribution < -0.4 is 20.8 Å². The molecular weight excluding hydrogens is 751 g/mol. The number of hydrogen-bond donors (Lipinski definition) is 0. The summed E-state index contributed by atoms with van der Waals surface area (Å²) < 4.78 is 7.62. The summed E-state index contributed by atoms with van der Waals surface area (Å²) in [7, 11) is 0. The van der Waals surface area contributed by atoms with Crippen LogP contribution in [0.5, 0.6) is 0 Å². The van der Waals surface area contributed by atoms with E-state index in [2.05, 4.69) is 197 Å². The summed E-state index contributed by atoms with van der Waals surface area (Å²) in [6.07, 6.45) is 4.68. The molecular formula is C58H63BN2O. The number of anilines is 5. The highest BCUT2D eigenvalue weighted by molar-refractivity contribution is 6.93. The molecule has 0 atom stereocenters. The highest BCUT2D eigenvalue weighted by Gasteiger charge is 2.50. The van der Waals surface area contributed by atoms with Crippen LogP contribution in [0.3, 0.4) is 0 Å². The van der Waals surface area contributed by atoms with Crippen LogP contribution in [0.4, 0.5) is 28.4 Å². The molecule has 0 radical (unpaired) electrons. The van der Waals surface area contributed by atoms with Gasteiger partial charge in [0.05, 0.1) is 5.69 Å². The van der Waals surface area contributed by atoms with Crippen molar-refractivity contribution in [3.05, 3.63) is 136 Å². The van der Waals surface area contributed by atoms with E-state index in [1.807, 2.05) is 0 Å². The lowest BCUT2D eigenvalue weighted by Crippen LogP contribution is -2.61. The second kappa shape index (κ2) is 12.7. The molecule has 2 aliphatic carbocycles. The highest BCUT2D eigenvalue weighted by Crippen LogP contribution is 2.55. The van der Waals surface area contributed by atoms with Gasteiger partial charge in [0.1, 0.15) is 11.2 Å². The van der Waals surface area contributed by atoms with Crippen molar-refractivity contribution in [1.29, 1.82) is 0 Å². The van der Waals surface area contributed by atoms with Crippen LogP contribution in [0.1, 0.15) is 141 Å². The Labute approximate surface area is 370 Å². The number of hydrogen-bond acceptors (Lipinski definition) is 3. The lowest BCUT2D eigenvalue weighted by atomic mass is 9.45. The lowest BCUT2D eigenvalue weighted by molar-refractivity contribution is 0.332. The average Bonchev–Trinajstić information content (AvgIpc) is 3.59. The van der Waals surface area contributed by atoms with E-state index in [-0.39, 0.29) is 33.9 Å². The largest absolute Gasteiger partial charge is 0.466 e. The zero-order chi connectivity index (χ0) is 43.6. The maximum Gasteiger partial charge on any atom is 0.375 e. The van der Waals surface area contributed by atoms with E-state index < -0.39 is 0 Å². The molecule has 314 valence electrons. The van der Waals surface area contributed by atoms with Gasteiger partial charge in [-0.2, -0.15) is 0 Å². The third-order valence-corrected chi connectivity index (χ3v) is 16.0. The molecule has 7 aromatic rings. The molecule has 2 aliphatic heterocycles. The summed E-state index contributed by atoms with van der Waals surface area (Å²) in [4.78, 5) is 5.27. The van der Waals surface area contributed by atoms with E-state index in [0.29, 0.717) is 0 Å². The zero-order valence-corrected chi connectivity index (χ0v) is 39.4. The Kier molecular flexibility index (Phi) is 8.12. The fourth-order valence-corrected chi connectivity index (χ4v) is 11.9. The van der Waals surface area contributed by atoms with Crippen LogP contribution in [0.15, 0.2) is 101 Å². The first-order valence-electron chi connectivity index (χ1n) is 23.3. The quantitative estimate of drug-likeness (QED) is 0.162. The van der Waals surface area contributed by atoms with Crippen molar-refractivity contribution >= 4 is 68.1 Å². The van der Waals surface area contributed by atoms with E-state index in [1.54, 1.807) is 0 Å². The molecule has 11 rings (SSSR count). The SMILES string of the molecule is Cc1cc2c3c(c1)N(c1cc4c(cc1C)C(C)(C)CCC4(C)C)c1c(oc4cc5c(cc14)C(C)(C)CCC5(C)C)B3N(c1ccc(C(C)(C)C)cc1)c1cc3ccccc3cc1-2. The molecule has 4 heteroatoms. The molecule has 6 aromatic carbocycles. The summed E-state index contributed by atoms with van der Waals surface area (Å²) in [6, 6.07) is 38.2. The second-order valence-corrected chi connectivity index (χ2v) is 23.3. The van der Waals surface area contributed by atoms with Crippen molar-refractivity contribution in [1.82, 2.24) is 0 Å². The first-order chi connectivity index (χ1) is 29.1. The maximum atomic E-state index is 7.62. The van der Waals surface area contributed by atoms with Crippen molar-refractivity contribution in [2.45, 2.75) is 143 Å². The number of furan rings is 1. The predicted octanol–water partition coefficient (Wildman–Crippen LogP) is 14.9. The number of rotatable bonds is 2. The molecule has 0 saturated carbocycles. The molecule has 3 heterocycles. The molecule has 0 amide bonds. The number of benzene rings is 6. The van der Waals surface area contributed by atoms with E-state index in [1.165, 1.54) is 113 Å². The number of fused-ring (bicyclic) bond motifs is 9. The van der Waals surface area contributed by atoms with E-state index in [9.17, 15) is 0 Å². The Hall–Kier alpha value is -5.22. The predicted molar refractivity (Wildman–Crippen MR) is 266 cm³/mol. The molecule has 3 nitrogen and oxygen atoms in total. The topological polar surface area (TPSA) is 19.6 Å².